The topological polar surface area (TPSA) is 82.2 Å². The number of halogens is 1. The molecule has 158 valence electrons. The molecule has 4 rings (SSSR count). The van der Waals surface area contributed by atoms with Crippen LogP contribution < -0.4 is 10.1 Å². The molecule has 4 aromatic rings. The molecule has 2 aromatic carbocycles. The van der Waals surface area contributed by atoms with Gasteiger partial charge in [-0.3, -0.25) is 10.1 Å². The number of aryl methyl sites for hydroxylation is 2. The van der Waals surface area contributed by atoms with E-state index in [9.17, 15) is 4.79 Å². The number of benzene rings is 2. The summed E-state index contributed by atoms with van der Waals surface area (Å²) in [5, 5.41) is 7.59. The van der Waals surface area contributed by atoms with E-state index in [-0.39, 0.29) is 18.3 Å². The Morgan fingerprint density at radius 1 is 1.16 bits per heavy atom. The molecule has 0 radical (unpaired) electrons. The van der Waals surface area contributed by atoms with Crippen LogP contribution in [0, 0.1) is 13.8 Å². The Morgan fingerprint density at radius 3 is 2.84 bits per heavy atom. The fourth-order valence-electron chi connectivity index (χ4n) is 3.09. The summed E-state index contributed by atoms with van der Waals surface area (Å²) in [6.07, 6.45) is 1.58. The van der Waals surface area contributed by atoms with Crippen molar-refractivity contribution in [3.8, 4) is 5.75 Å². The maximum atomic E-state index is 12.5. The van der Waals surface area contributed by atoms with Crippen molar-refractivity contribution in [3.05, 3.63) is 94.2 Å². The van der Waals surface area contributed by atoms with Crippen molar-refractivity contribution < 1.29 is 13.9 Å². The summed E-state index contributed by atoms with van der Waals surface area (Å²) in [5.41, 5.74) is 3.20. The maximum absolute atomic E-state index is 12.5. The first kappa shape index (κ1) is 20.7. The molecule has 0 bridgehead atoms. The Morgan fingerprint density at radius 2 is 2.03 bits per heavy atom. The van der Waals surface area contributed by atoms with E-state index in [1.54, 1.807) is 35.3 Å². The average Bonchev–Trinajstić information content (AvgIpc) is 3.37. The van der Waals surface area contributed by atoms with E-state index < -0.39 is 5.91 Å². The number of nitrogens with one attached hydrogen (secondary N) is 1. The number of amides is 1. The van der Waals surface area contributed by atoms with Crippen LogP contribution in [0.4, 0.5) is 5.95 Å². The number of hydrogen-bond donors (Lipinski definition) is 1. The van der Waals surface area contributed by atoms with E-state index in [1.165, 1.54) is 5.56 Å². The van der Waals surface area contributed by atoms with Gasteiger partial charge in [0.05, 0.1) is 6.54 Å². The monoisotopic (exact) mass is 436 g/mol. The number of carbonyl (C=O) groups is 1. The summed E-state index contributed by atoms with van der Waals surface area (Å²) in [6, 6.07) is 16.8. The Bertz CT molecular complexity index is 1220. The van der Waals surface area contributed by atoms with Crippen LogP contribution in [0.15, 0.2) is 65.3 Å². The number of aromatic nitrogens is 3. The minimum Gasteiger partial charge on any atom is -0.485 e. The normalized spacial score (nSPS) is 10.8. The standard InChI is InChI=1S/C23H21ClN4O3/c1-15-4-3-5-17(10-15)12-28-14-25-23(27-28)26-22(29)21-9-7-19(31-21)13-30-20-8-6-18(24)11-16(20)2/h3-11,14H,12-13H2,1-2H3,(H,26,27,29). The van der Waals surface area contributed by atoms with E-state index in [0.29, 0.717) is 23.1 Å². The fourth-order valence-corrected chi connectivity index (χ4v) is 3.32. The molecule has 0 aliphatic carbocycles. The highest BCUT2D eigenvalue weighted by molar-refractivity contribution is 6.30. The predicted octanol–water partition coefficient (Wildman–Crippen LogP) is 5.02. The number of anilines is 1. The molecule has 7 nitrogen and oxygen atoms in total. The Labute approximate surface area is 184 Å². The molecule has 8 heteroatoms. The first-order chi connectivity index (χ1) is 15.0. The van der Waals surface area contributed by atoms with Gasteiger partial charge in [-0.1, -0.05) is 41.4 Å². The maximum Gasteiger partial charge on any atom is 0.293 e. The van der Waals surface area contributed by atoms with Gasteiger partial charge >= 0.3 is 0 Å². The lowest BCUT2D eigenvalue weighted by molar-refractivity contribution is 0.0991. The molecule has 0 aliphatic rings. The summed E-state index contributed by atoms with van der Waals surface area (Å²) in [6.45, 7) is 4.71. The van der Waals surface area contributed by atoms with Gasteiger partial charge in [0, 0.05) is 5.02 Å². The van der Waals surface area contributed by atoms with Crippen molar-refractivity contribution in [1.82, 2.24) is 14.8 Å². The number of ether oxygens (including phenoxy) is 1. The third-order valence-corrected chi connectivity index (χ3v) is 4.82. The van der Waals surface area contributed by atoms with Crippen LogP contribution in [-0.4, -0.2) is 20.7 Å². The molecule has 0 unspecified atom stereocenters. The van der Waals surface area contributed by atoms with Crippen LogP contribution in [0.5, 0.6) is 5.75 Å². The fraction of sp³-hybridized carbons (Fsp3) is 0.174. The van der Waals surface area contributed by atoms with Gasteiger partial charge in [0.15, 0.2) is 5.76 Å². The molecule has 0 saturated heterocycles. The smallest absolute Gasteiger partial charge is 0.293 e. The van der Waals surface area contributed by atoms with Gasteiger partial charge in [-0.15, -0.1) is 5.10 Å². The molecule has 0 spiro atoms. The number of rotatable bonds is 7. The third-order valence-electron chi connectivity index (χ3n) is 4.58. The highest BCUT2D eigenvalue weighted by atomic mass is 35.5. The van der Waals surface area contributed by atoms with Gasteiger partial charge in [-0.25, -0.2) is 9.67 Å². The average molecular weight is 437 g/mol. The lowest BCUT2D eigenvalue weighted by Gasteiger charge is -2.07. The van der Waals surface area contributed by atoms with Crippen LogP contribution in [0.2, 0.25) is 5.02 Å². The Hall–Kier alpha value is -3.58. The molecular weight excluding hydrogens is 416 g/mol. The summed E-state index contributed by atoms with van der Waals surface area (Å²) < 4.78 is 13.0. The molecule has 0 fully saturated rings. The van der Waals surface area contributed by atoms with Crippen molar-refractivity contribution in [2.75, 3.05) is 5.32 Å². The second-order valence-corrected chi connectivity index (χ2v) is 7.61. The minimum absolute atomic E-state index is 0.154. The molecule has 2 heterocycles. The van der Waals surface area contributed by atoms with Crippen LogP contribution >= 0.6 is 11.6 Å². The second-order valence-electron chi connectivity index (χ2n) is 7.17. The summed E-state index contributed by atoms with van der Waals surface area (Å²) in [5.74, 6) is 1.17. The predicted molar refractivity (Wildman–Crippen MR) is 117 cm³/mol. The van der Waals surface area contributed by atoms with Crippen LogP contribution in [0.1, 0.15) is 33.0 Å². The molecule has 31 heavy (non-hydrogen) atoms. The number of hydrogen-bond acceptors (Lipinski definition) is 5. The molecule has 1 N–H and O–H groups in total. The van der Waals surface area contributed by atoms with Crippen molar-refractivity contribution in [1.29, 1.82) is 0 Å². The molecular formula is C23H21ClN4O3. The van der Waals surface area contributed by atoms with Crippen LogP contribution in [0.25, 0.3) is 0 Å². The quantitative estimate of drug-likeness (QED) is 0.439. The van der Waals surface area contributed by atoms with E-state index in [1.807, 2.05) is 38.1 Å². The molecule has 2 aromatic heterocycles. The zero-order chi connectivity index (χ0) is 21.8. The minimum atomic E-state index is -0.428. The lowest BCUT2D eigenvalue weighted by atomic mass is 10.1. The highest BCUT2D eigenvalue weighted by Gasteiger charge is 2.14. The molecule has 0 aliphatic heterocycles. The SMILES string of the molecule is Cc1cccc(Cn2cnc(NC(=O)c3ccc(COc4ccc(Cl)cc4C)o3)n2)c1. The van der Waals surface area contributed by atoms with Gasteiger partial charge in [-0.2, -0.15) is 0 Å². The van der Waals surface area contributed by atoms with Crippen molar-refractivity contribution in [2.24, 2.45) is 0 Å². The van der Waals surface area contributed by atoms with Gasteiger partial charge < -0.3 is 9.15 Å². The van der Waals surface area contributed by atoms with E-state index in [4.69, 9.17) is 20.8 Å². The van der Waals surface area contributed by atoms with Gasteiger partial charge in [0.25, 0.3) is 5.91 Å². The summed E-state index contributed by atoms with van der Waals surface area (Å²) >= 11 is 5.96. The van der Waals surface area contributed by atoms with Crippen molar-refractivity contribution in [3.63, 3.8) is 0 Å². The van der Waals surface area contributed by atoms with E-state index in [0.717, 1.165) is 11.1 Å². The molecule has 0 atom stereocenters. The Kier molecular flexibility index (Phi) is 6.04. The Balaban J connectivity index is 1.34. The second kappa shape index (κ2) is 9.06. The van der Waals surface area contributed by atoms with Gasteiger partial charge in [-0.05, 0) is 55.3 Å². The van der Waals surface area contributed by atoms with Crippen molar-refractivity contribution >= 4 is 23.5 Å². The van der Waals surface area contributed by atoms with E-state index >= 15 is 0 Å². The molecule has 0 saturated carbocycles. The van der Waals surface area contributed by atoms with Crippen LogP contribution in [0.3, 0.4) is 0 Å². The van der Waals surface area contributed by atoms with Crippen molar-refractivity contribution in [2.45, 2.75) is 27.0 Å². The zero-order valence-electron chi connectivity index (χ0n) is 17.1. The summed E-state index contributed by atoms with van der Waals surface area (Å²) in [4.78, 5) is 16.6. The van der Waals surface area contributed by atoms with E-state index in [2.05, 4.69) is 21.5 Å². The summed E-state index contributed by atoms with van der Waals surface area (Å²) in [7, 11) is 0. The third kappa shape index (κ3) is 5.32. The highest BCUT2D eigenvalue weighted by Crippen LogP contribution is 2.23. The van der Waals surface area contributed by atoms with Gasteiger partial charge in [0.1, 0.15) is 24.4 Å². The first-order valence-electron chi connectivity index (χ1n) is 9.70. The van der Waals surface area contributed by atoms with Crippen LogP contribution in [-0.2, 0) is 13.2 Å². The van der Waals surface area contributed by atoms with Gasteiger partial charge in [0.2, 0.25) is 5.95 Å². The lowest BCUT2D eigenvalue weighted by Crippen LogP contribution is -2.12. The number of carbonyl (C=O) groups excluding carboxylic acids is 1. The molecule has 1 amide bonds. The largest absolute Gasteiger partial charge is 0.485 e. The number of nitrogens with zero attached hydrogens (tertiary/aromatic N) is 3. The first-order valence-corrected chi connectivity index (χ1v) is 10.1. The number of furan rings is 1. The zero-order valence-corrected chi connectivity index (χ0v) is 17.9.